The van der Waals surface area contributed by atoms with Crippen LogP contribution in [0.1, 0.15) is 23.6 Å². The predicted octanol–water partition coefficient (Wildman–Crippen LogP) is 1.77. The molecule has 0 radical (unpaired) electrons. The molecule has 4 heteroatoms. The van der Waals surface area contributed by atoms with Gasteiger partial charge in [-0.05, 0) is 57.7 Å². The minimum atomic E-state index is -0.169. The molecule has 0 aromatic heterocycles. The van der Waals surface area contributed by atoms with Gasteiger partial charge in [-0.1, -0.05) is 12.1 Å². The van der Waals surface area contributed by atoms with E-state index in [1.807, 2.05) is 12.1 Å². The van der Waals surface area contributed by atoms with Gasteiger partial charge in [0, 0.05) is 18.6 Å². The van der Waals surface area contributed by atoms with E-state index in [1.165, 1.54) is 0 Å². The topological polar surface area (TPSA) is 32.5 Å². The predicted molar refractivity (Wildman–Crippen MR) is 76.6 cm³/mol. The number of rotatable bonds is 2. The average molecular weight is 265 g/mol. The molecule has 0 amide bonds. The Balaban J connectivity index is 2.20. The summed E-state index contributed by atoms with van der Waals surface area (Å²) in [5.41, 5.74) is 7.93. The zero-order chi connectivity index (χ0) is 14.0. The Morgan fingerprint density at radius 2 is 2.05 bits per heavy atom. The largest absolute Gasteiger partial charge is 0.323 e. The molecule has 3 nitrogen and oxygen atoms in total. The van der Waals surface area contributed by atoms with E-state index in [1.54, 1.807) is 13.0 Å². The minimum absolute atomic E-state index is 0.152. The van der Waals surface area contributed by atoms with Crippen molar-refractivity contribution in [2.24, 2.45) is 5.73 Å². The number of nitrogens with two attached hydrogens (primary N) is 1. The van der Waals surface area contributed by atoms with Gasteiger partial charge in [0.25, 0.3) is 0 Å². The van der Waals surface area contributed by atoms with Crippen molar-refractivity contribution >= 4 is 0 Å². The van der Waals surface area contributed by atoms with Gasteiger partial charge in [0.05, 0.1) is 0 Å². The smallest absolute Gasteiger partial charge is 0.126 e. The fraction of sp³-hybridized carbons (Fsp3) is 0.600. The molecule has 19 heavy (non-hydrogen) atoms. The van der Waals surface area contributed by atoms with Crippen molar-refractivity contribution in [2.75, 3.05) is 33.7 Å². The molecule has 1 saturated heterocycles. The average Bonchev–Trinajstić information content (AvgIpc) is 2.54. The number of hydrogen-bond donors (Lipinski definition) is 1. The molecule has 0 bridgehead atoms. The number of likely N-dealkylation sites (N-methyl/N-ethyl adjacent to an activating group) is 2. The lowest BCUT2D eigenvalue weighted by Gasteiger charge is -2.32. The van der Waals surface area contributed by atoms with Crippen LogP contribution < -0.4 is 5.73 Å². The first-order chi connectivity index (χ1) is 8.99. The third-order valence-electron chi connectivity index (χ3n) is 4.11. The molecule has 2 N–H and O–H groups in total. The molecule has 1 fully saturated rings. The summed E-state index contributed by atoms with van der Waals surface area (Å²) in [5.74, 6) is -0.169. The molecule has 1 aromatic carbocycles. The number of hydrogen-bond acceptors (Lipinski definition) is 3. The van der Waals surface area contributed by atoms with Gasteiger partial charge >= 0.3 is 0 Å². The number of benzene rings is 1. The monoisotopic (exact) mass is 265 g/mol. The first-order valence-corrected chi connectivity index (χ1v) is 6.89. The van der Waals surface area contributed by atoms with E-state index >= 15 is 0 Å². The summed E-state index contributed by atoms with van der Waals surface area (Å²) in [4.78, 5) is 4.60. The van der Waals surface area contributed by atoms with E-state index < -0.39 is 0 Å². The van der Waals surface area contributed by atoms with Crippen molar-refractivity contribution < 1.29 is 4.39 Å². The number of nitrogens with zero attached hydrogens (tertiary/aromatic N) is 2. The van der Waals surface area contributed by atoms with Crippen molar-refractivity contribution in [1.82, 2.24) is 9.80 Å². The van der Waals surface area contributed by atoms with E-state index in [4.69, 9.17) is 5.73 Å². The molecule has 1 heterocycles. The summed E-state index contributed by atoms with van der Waals surface area (Å²) < 4.78 is 13.7. The van der Waals surface area contributed by atoms with Crippen LogP contribution in [0.25, 0.3) is 0 Å². The van der Waals surface area contributed by atoms with Crippen LogP contribution in [0.3, 0.4) is 0 Å². The highest BCUT2D eigenvalue weighted by molar-refractivity contribution is 5.26. The SMILES string of the molecule is Cc1ccc(C(N)C2CN(C)CCCN2C)cc1F. The maximum atomic E-state index is 13.7. The Kier molecular flexibility index (Phi) is 4.55. The van der Waals surface area contributed by atoms with Crippen molar-refractivity contribution in [3.63, 3.8) is 0 Å². The van der Waals surface area contributed by atoms with Crippen LogP contribution in [0.2, 0.25) is 0 Å². The summed E-state index contributed by atoms with van der Waals surface area (Å²) in [6, 6.07) is 5.42. The molecular weight excluding hydrogens is 241 g/mol. The van der Waals surface area contributed by atoms with Gasteiger partial charge in [0.2, 0.25) is 0 Å². The van der Waals surface area contributed by atoms with Crippen LogP contribution in [-0.4, -0.2) is 49.6 Å². The standard InChI is InChI=1S/C15H24FN3/c1-11-5-6-12(9-13(11)16)15(17)14-10-18(2)7-4-8-19(14)3/h5-6,9,14-15H,4,7-8,10,17H2,1-3H3. The van der Waals surface area contributed by atoms with Crippen molar-refractivity contribution in [1.29, 1.82) is 0 Å². The molecule has 0 saturated carbocycles. The molecule has 106 valence electrons. The van der Waals surface area contributed by atoms with Crippen LogP contribution in [-0.2, 0) is 0 Å². The number of aryl methyl sites for hydroxylation is 1. The highest BCUT2D eigenvalue weighted by atomic mass is 19.1. The Morgan fingerprint density at radius 3 is 2.74 bits per heavy atom. The Bertz CT molecular complexity index is 435. The third kappa shape index (κ3) is 3.32. The van der Waals surface area contributed by atoms with Crippen LogP contribution in [0, 0.1) is 12.7 Å². The molecule has 1 aromatic rings. The second-order valence-electron chi connectivity index (χ2n) is 5.70. The van der Waals surface area contributed by atoms with Crippen molar-refractivity contribution in [3.05, 3.63) is 35.1 Å². The quantitative estimate of drug-likeness (QED) is 0.884. The first-order valence-electron chi connectivity index (χ1n) is 6.89. The zero-order valence-electron chi connectivity index (χ0n) is 12.1. The normalized spacial score (nSPS) is 24.2. The molecule has 2 atom stereocenters. The van der Waals surface area contributed by atoms with Gasteiger partial charge in [-0.2, -0.15) is 0 Å². The van der Waals surface area contributed by atoms with Crippen molar-refractivity contribution in [2.45, 2.75) is 25.4 Å². The van der Waals surface area contributed by atoms with Gasteiger partial charge in [-0.15, -0.1) is 0 Å². The summed E-state index contributed by atoms with van der Waals surface area (Å²) in [6.45, 7) is 4.83. The first kappa shape index (κ1) is 14.4. The lowest BCUT2D eigenvalue weighted by atomic mass is 9.97. The van der Waals surface area contributed by atoms with Crippen LogP contribution >= 0.6 is 0 Å². The van der Waals surface area contributed by atoms with Crippen LogP contribution in [0.4, 0.5) is 4.39 Å². The Hall–Kier alpha value is -0.970. The maximum Gasteiger partial charge on any atom is 0.126 e. The van der Waals surface area contributed by atoms with Gasteiger partial charge < -0.3 is 15.5 Å². The van der Waals surface area contributed by atoms with Crippen molar-refractivity contribution in [3.8, 4) is 0 Å². The van der Waals surface area contributed by atoms with Crippen LogP contribution in [0.15, 0.2) is 18.2 Å². The maximum absolute atomic E-state index is 13.7. The fourth-order valence-corrected chi connectivity index (χ4v) is 2.73. The summed E-state index contributed by atoms with van der Waals surface area (Å²) in [5, 5.41) is 0. The molecule has 1 aliphatic rings. The highest BCUT2D eigenvalue weighted by Gasteiger charge is 2.27. The third-order valence-corrected chi connectivity index (χ3v) is 4.11. The van der Waals surface area contributed by atoms with Gasteiger partial charge in [0.1, 0.15) is 5.82 Å². The molecular formula is C15H24FN3. The highest BCUT2D eigenvalue weighted by Crippen LogP contribution is 2.22. The molecule has 0 spiro atoms. The van der Waals surface area contributed by atoms with Gasteiger partial charge in [-0.25, -0.2) is 4.39 Å². The van der Waals surface area contributed by atoms with E-state index in [2.05, 4.69) is 23.9 Å². The summed E-state index contributed by atoms with van der Waals surface area (Å²) >= 11 is 0. The second-order valence-corrected chi connectivity index (χ2v) is 5.70. The van der Waals surface area contributed by atoms with Gasteiger partial charge in [-0.3, -0.25) is 0 Å². The van der Waals surface area contributed by atoms with Gasteiger partial charge in [0.15, 0.2) is 0 Å². The molecule has 2 unspecified atom stereocenters. The number of halogens is 1. The second kappa shape index (κ2) is 5.99. The minimum Gasteiger partial charge on any atom is -0.323 e. The Morgan fingerprint density at radius 1 is 1.32 bits per heavy atom. The lowest BCUT2D eigenvalue weighted by molar-refractivity contribution is 0.196. The van der Waals surface area contributed by atoms with Crippen LogP contribution in [0.5, 0.6) is 0 Å². The Labute approximate surface area is 115 Å². The summed E-state index contributed by atoms with van der Waals surface area (Å²) in [7, 11) is 4.23. The van der Waals surface area contributed by atoms with E-state index in [0.717, 1.165) is 31.6 Å². The molecule has 1 aliphatic heterocycles. The molecule has 2 rings (SSSR count). The van der Waals surface area contributed by atoms with E-state index in [9.17, 15) is 4.39 Å². The molecule has 0 aliphatic carbocycles. The fourth-order valence-electron chi connectivity index (χ4n) is 2.73. The van der Waals surface area contributed by atoms with E-state index in [-0.39, 0.29) is 17.9 Å². The zero-order valence-corrected chi connectivity index (χ0v) is 12.1. The lowest BCUT2D eigenvalue weighted by Crippen LogP contribution is -2.45. The van der Waals surface area contributed by atoms with E-state index in [0.29, 0.717) is 5.56 Å². The summed E-state index contributed by atoms with van der Waals surface area (Å²) in [6.07, 6.45) is 1.15.